The number of hydrogen-bond donors (Lipinski definition) is 1. The Kier molecular flexibility index (Phi) is 4.87. The molecule has 2 atom stereocenters. The summed E-state index contributed by atoms with van der Waals surface area (Å²) < 4.78 is 19.3. The molecule has 2 saturated heterocycles. The van der Waals surface area contributed by atoms with Gasteiger partial charge in [0.15, 0.2) is 11.4 Å². The van der Waals surface area contributed by atoms with Gasteiger partial charge in [-0.3, -0.25) is 4.79 Å². The number of aromatic nitrogens is 4. The monoisotopic (exact) mass is 448 g/mol. The van der Waals surface area contributed by atoms with Crippen LogP contribution in [-0.2, 0) is 9.53 Å². The standard InChI is InChI=1S/C23H24N6O4/c1-14-12-31-9-8-28(14)23-16-10-19(33-18(16)6-7-24-23)17-11-25-20-3-5-22(27-29(17)20)32-13-15-2-4-21(30)26-15/h3,5-7,10-11,14-15H,2,4,8-9,12-13H2,1H3,(H,26,30). The number of morpholine rings is 1. The van der Waals surface area contributed by atoms with Crippen molar-refractivity contribution in [3.8, 4) is 17.3 Å². The van der Waals surface area contributed by atoms with Crippen LogP contribution in [0.3, 0.4) is 0 Å². The lowest BCUT2D eigenvalue weighted by molar-refractivity contribution is -0.119. The van der Waals surface area contributed by atoms with Crippen molar-refractivity contribution in [2.75, 3.05) is 31.3 Å². The summed E-state index contributed by atoms with van der Waals surface area (Å²) in [5.41, 5.74) is 2.17. The third-order valence-electron chi connectivity index (χ3n) is 6.17. The zero-order chi connectivity index (χ0) is 22.4. The average Bonchev–Trinajstić information content (AvgIpc) is 3.55. The van der Waals surface area contributed by atoms with Crippen molar-refractivity contribution >= 4 is 28.3 Å². The van der Waals surface area contributed by atoms with Gasteiger partial charge in [-0.2, -0.15) is 0 Å². The van der Waals surface area contributed by atoms with E-state index in [2.05, 4.69) is 32.2 Å². The average molecular weight is 448 g/mol. The highest BCUT2D eigenvalue weighted by atomic mass is 16.5. The van der Waals surface area contributed by atoms with Gasteiger partial charge in [0.05, 0.1) is 36.9 Å². The Morgan fingerprint density at radius 3 is 3.06 bits per heavy atom. The van der Waals surface area contributed by atoms with Crippen LogP contribution in [0.1, 0.15) is 19.8 Å². The quantitative estimate of drug-likeness (QED) is 0.496. The molecule has 6 heterocycles. The minimum atomic E-state index is 0.0149. The molecule has 10 heteroatoms. The molecule has 33 heavy (non-hydrogen) atoms. The summed E-state index contributed by atoms with van der Waals surface area (Å²) in [6.45, 7) is 4.65. The number of furan rings is 1. The molecule has 0 bridgehead atoms. The van der Waals surface area contributed by atoms with E-state index in [4.69, 9.17) is 13.9 Å². The fourth-order valence-corrected chi connectivity index (χ4v) is 4.44. The lowest BCUT2D eigenvalue weighted by Gasteiger charge is -2.34. The summed E-state index contributed by atoms with van der Waals surface area (Å²) in [5.74, 6) is 2.07. The Labute approximate surface area is 189 Å². The first-order valence-electron chi connectivity index (χ1n) is 11.2. The Bertz CT molecular complexity index is 1330. The number of carbonyl (C=O) groups is 1. The number of anilines is 1. The number of hydrogen-bond acceptors (Lipinski definition) is 8. The summed E-state index contributed by atoms with van der Waals surface area (Å²) in [6, 6.07) is 7.74. The Morgan fingerprint density at radius 1 is 1.27 bits per heavy atom. The van der Waals surface area contributed by atoms with Crippen LogP contribution < -0.4 is 15.0 Å². The fraction of sp³-hybridized carbons (Fsp3) is 0.391. The van der Waals surface area contributed by atoms with Gasteiger partial charge < -0.3 is 24.1 Å². The lowest BCUT2D eigenvalue weighted by atomic mass is 10.2. The summed E-state index contributed by atoms with van der Waals surface area (Å²) in [6.07, 6.45) is 4.83. The van der Waals surface area contributed by atoms with E-state index in [0.717, 1.165) is 35.4 Å². The number of rotatable bonds is 5. The van der Waals surface area contributed by atoms with Crippen LogP contribution in [-0.4, -0.2) is 63.9 Å². The second-order valence-electron chi connectivity index (χ2n) is 8.47. The van der Waals surface area contributed by atoms with Crippen molar-refractivity contribution in [1.29, 1.82) is 0 Å². The highest BCUT2D eigenvalue weighted by Gasteiger charge is 2.24. The predicted molar refractivity (Wildman–Crippen MR) is 120 cm³/mol. The molecule has 0 aliphatic carbocycles. The van der Waals surface area contributed by atoms with Gasteiger partial charge in [-0.05, 0) is 31.5 Å². The minimum absolute atomic E-state index is 0.0149. The van der Waals surface area contributed by atoms with Crippen molar-refractivity contribution in [3.63, 3.8) is 0 Å². The van der Waals surface area contributed by atoms with E-state index in [1.807, 2.05) is 18.2 Å². The fourth-order valence-electron chi connectivity index (χ4n) is 4.44. The summed E-state index contributed by atoms with van der Waals surface area (Å²) in [7, 11) is 0. The number of imidazole rings is 1. The molecule has 1 N–H and O–H groups in total. The molecular formula is C23H24N6O4. The molecule has 2 unspecified atom stereocenters. The summed E-state index contributed by atoms with van der Waals surface area (Å²) in [4.78, 5) is 22.8. The van der Waals surface area contributed by atoms with Gasteiger partial charge in [-0.15, -0.1) is 5.10 Å². The van der Waals surface area contributed by atoms with Crippen LogP contribution in [0.2, 0.25) is 0 Å². The number of carbonyl (C=O) groups excluding carboxylic acids is 1. The molecule has 0 aromatic carbocycles. The van der Waals surface area contributed by atoms with Gasteiger partial charge in [-0.25, -0.2) is 14.5 Å². The van der Waals surface area contributed by atoms with Crippen molar-refractivity contribution in [1.82, 2.24) is 24.9 Å². The number of fused-ring (bicyclic) bond motifs is 2. The zero-order valence-corrected chi connectivity index (χ0v) is 18.2. The first kappa shape index (κ1) is 20.0. The molecule has 1 amide bonds. The van der Waals surface area contributed by atoms with E-state index in [1.54, 1.807) is 23.0 Å². The lowest BCUT2D eigenvalue weighted by Crippen LogP contribution is -2.44. The smallest absolute Gasteiger partial charge is 0.231 e. The summed E-state index contributed by atoms with van der Waals surface area (Å²) >= 11 is 0. The first-order valence-corrected chi connectivity index (χ1v) is 11.2. The number of pyridine rings is 1. The van der Waals surface area contributed by atoms with Crippen LogP contribution in [0.25, 0.3) is 28.1 Å². The van der Waals surface area contributed by atoms with E-state index in [1.165, 1.54) is 0 Å². The molecular weight excluding hydrogens is 424 g/mol. The molecule has 2 aliphatic heterocycles. The largest absolute Gasteiger partial charge is 0.474 e. The maximum absolute atomic E-state index is 11.4. The van der Waals surface area contributed by atoms with Crippen LogP contribution in [0, 0.1) is 0 Å². The number of nitrogens with one attached hydrogen (secondary N) is 1. The molecule has 4 aromatic heterocycles. The first-order chi connectivity index (χ1) is 16.2. The normalized spacial score (nSPS) is 21.1. The van der Waals surface area contributed by atoms with E-state index < -0.39 is 0 Å². The van der Waals surface area contributed by atoms with Crippen molar-refractivity contribution in [3.05, 3.63) is 36.7 Å². The van der Waals surface area contributed by atoms with Crippen molar-refractivity contribution in [2.45, 2.75) is 31.8 Å². The SMILES string of the molecule is CC1COCCN1c1nccc2oc(-c3cnc4ccc(OCC5CCC(=O)N5)nn34)cc12. The van der Waals surface area contributed by atoms with E-state index in [0.29, 0.717) is 43.5 Å². The highest BCUT2D eigenvalue weighted by Crippen LogP contribution is 2.34. The second-order valence-corrected chi connectivity index (χ2v) is 8.47. The van der Waals surface area contributed by atoms with Crippen molar-refractivity contribution in [2.24, 2.45) is 0 Å². The topological polar surface area (TPSA) is 107 Å². The van der Waals surface area contributed by atoms with Gasteiger partial charge >= 0.3 is 0 Å². The van der Waals surface area contributed by atoms with Crippen LogP contribution in [0.15, 0.2) is 41.1 Å². The Balaban J connectivity index is 1.32. The van der Waals surface area contributed by atoms with Crippen LogP contribution >= 0.6 is 0 Å². The summed E-state index contributed by atoms with van der Waals surface area (Å²) in [5, 5.41) is 8.45. The van der Waals surface area contributed by atoms with E-state index >= 15 is 0 Å². The van der Waals surface area contributed by atoms with Crippen molar-refractivity contribution < 1.29 is 18.7 Å². The molecule has 2 aliphatic rings. The maximum Gasteiger partial charge on any atom is 0.231 e. The van der Waals surface area contributed by atoms with E-state index in [9.17, 15) is 4.79 Å². The Morgan fingerprint density at radius 2 is 2.21 bits per heavy atom. The number of ether oxygens (including phenoxy) is 2. The molecule has 170 valence electrons. The molecule has 2 fully saturated rings. The van der Waals surface area contributed by atoms with Gasteiger partial charge in [0, 0.05) is 25.2 Å². The molecule has 10 nitrogen and oxygen atoms in total. The van der Waals surface area contributed by atoms with E-state index in [-0.39, 0.29) is 18.0 Å². The molecule has 4 aromatic rings. The maximum atomic E-state index is 11.4. The molecule has 0 spiro atoms. The third kappa shape index (κ3) is 3.66. The number of nitrogens with zero attached hydrogens (tertiary/aromatic N) is 5. The highest BCUT2D eigenvalue weighted by molar-refractivity contribution is 5.92. The van der Waals surface area contributed by atoms with Gasteiger partial charge in [0.25, 0.3) is 0 Å². The number of amides is 1. The predicted octanol–water partition coefficient (Wildman–Crippen LogP) is 2.42. The molecule has 6 rings (SSSR count). The Hall–Kier alpha value is -3.66. The van der Waals surface area contributed by atoms with Gasteiger partial charge in [0.1, 0.15) is 23.7 Å². The van der Waals surface area contributed by atoms with Crippen LogP contribution in [0.4, 0.5) is 5.82 Å². The zero-order valence-electron chi connectivity index (χ0n) is 18.2. The van der Waals surface area contributed by atoms with Gasteiger partial charge in [0.2, 0.25) is 11.8 Å². The molecule has 0 radical (unpaired) electrons. The minimum Gasteiger partial charge on any atom is -0.474 e. The van der Waals surface area contributed by atoms with Gasteiger partial charge in [-0.1, -0.05) is 0 Å². The van der Waals surface area contributed by atoms with Crippen LogP contribution in [0.5, 0.6) is 5.88 Å². The molecule has 0 saturated carbocycles. The second kappa shape index (κ2) is 8.04. The third-order valence-corrected chi connectivity index (χ3v) is 6.17.